The minimum atomic E-state index is -0.500. The Labute approximate surface area is 119 Å². The van der Waals surface area contributed by atoms with Crippen molar-refractivity contribution in [3.05, 3.63) is 23.6 Å². The Morgan fingerprint density at radius 3 is 2.55 bits per heavy atom. The summed E-state index contributed by atoms with van der Waals surface area (Å²) in [4.78, 5) is 16.2. The first kappa shape index (κ1) is 14.8. The smallest absolute Gasteiger partial charge is 0.255 e. The molecule has 2 rings (SSSR count). The molecule has 20 heavy (non-hydrogen) atoms. The van der Waals surface area contributed by atoms with E-state index in [2.05, 4.69) is 29.5 Å². The lowest BCUT2D eigenvalue weighted by Crippen LogP contribution is -2.40. The number of hydrogen-bond acceptors (Lipinski definition) is 3. The summed E-state index contributed by atoms with van der Waals surface area (Å²) in [7, 11) is 1.67. The van der Waals surface area contributed by atoms with Crippen LogP contribution in [0.5, 0.6) is 0 Å². The molecule has 0 aliphatic heterocycles. The third-order valence-electron chi connectivity index (χ3n) is 3.85. The van der Waals surface area contributed by atoms with Crippen molar-refractivity contribution >= 4 is 11.7 Å². The molecule has 1 aliphatic rings. The van der Waals surface area contributed by atoms with Crippen LogP contribution >= 0.6 is 0 Å². The van der Waals surface area contributed by atoms with Gasteiger partial charge in [0.05, 0.1) is 11.8 Å². The van der Waals surface area contributed by atoms with Gasteiger partial charge >= 0.3 is 0 Å². The van der Waals surface area contributed by atoms with Crippen LogP contribution < -0.4 is 10.6 Å². The number of aromatic nitrogens is 1. The van der Waals surface area contributed by atoms with E-state index < -0.39 is 5.82 Å². The first-order valence-electron chi connectivity index (χ1n) is 7.13. The average molecular weight is 279 g/mol. The van der Waals surface area contributed by atoms with E-state index in [-0.39, 0.29) is 17.5 Å². The number of carbonyl (C=O) groups is 1. The summed E-state index contributed by atoms with van der Waals surface area (Å²) >= 11 is 0. The first-order chi connectivity index (χ1) is 9.49. The molecule has 1 aliphatic carbocycles. The number of halogens is 1. The van der Waals surface area contributed by atoms with Gasteiger partial charge < -0.3 is 10.6 Å². The lowest BCUT2D eigenvalue weighted by Gasteiger charge is -2.32. The topological polar surface area (TPSA) is 54.0 Å². The number of pyridine rings is 1. The standard InChI is InChI=1S/C15H22FN3O/c1-9-4-10(2)6-12(5-9)19-15(20)13-7-11(16)8-18-14(13)17-3/h7-10,12H,4-6H2,1-3H3,(H,17,18)(H,19,20). The molecule has 2 atom stereocenters. The maximum atomic E-state index is 13.3. The minimum absolute atomic E-state index is 0.161. The van der Waals surface area contributed by atoms with Gasteiger partial charge in [-0.25, -0.2) is 9.37 Å². The number of nitrogens with zero attached hydrogens (tertiary/aromatic N) is 1. The Balaban J connectivity index is 2.10. The van der Waals surface area contributed by atoms with Gasteiger partial charge in [0.15, 0.2) is 0 Å². The van der Waals surface area contributed by atoms with Gasteiger partial charge in [0.25, 0.3) is 5.91 Å². The summed E-state index contributed by atoms with van der Waals surface area (Å²) in [5.74, 6) is 0.866. The molecule has 1 aromatic rings. The summed E-state index contributed by atoms with van der Waals surface area (Å²) in [6.45, 7) is 4.41. The quantitative estimate of drug-likeness (QED) is 0.894. The van der Waals surface area contributed by atoms with Gasteiger partial charge in [-0.15, -0.1) is 0 Å². The molecule has 1 heterocycles. The summed E-state index contributed by atoms with van der Waals surface area (Å²) in [5, 5.41) is 5.83. The van der Waals surface area contributed by atoms with Gasteiger partial charge in [-0.1, -0.05) is 13.8 Å². The maximum Gasteiger partial charge on any atom is 0.255 e. The summed E-state index contributed by atoms with van der Waals surface area (Å²) < 4.78 is 13.3. The van der Waals surface area contributed by atoms with Crippen LogP contribution in [0.15, 0.2) is 12.3 Å². The predicted molar refractivity (Wildman–Crippen MR) is 77.2 cm³/mol. The van der Waals surface area contributed by atoms with Crippen LogP contribution in [-0.2, 0) is 0 Å². The van der Waals surface area contributed by atoms with Crippen LogP contribution in [0, 0.1) is 17.7 Å². The number of hydrogen-bond donors (Lipinski definition) is 2. The Bertz CT molecular complexity index is 482. The highest BCUT2D eigenvalue weighted by atomic mass is 19.1. The van der Waals surface area contributed by atoms with Crippen LogP contribution in [0.4, 0.5) is 10.2 Å². The Morgan fingerprint density at radius 2 is 1.95 bits per heavy atom. The van der Waals surface area contributed by atoms with Crippen molar-refractivity contribution in [3.63, 3.8) is 0 Å². The van der Waals surface area contributed by atoms with Crippen LogP contribution in [0.3, 0.4) is 0 Å². The fourth-order valence-electron chi connectivity index (χ4n) is 3.14. The van der Waals surface area contributed by atoms with Gasteiger partial charge in [0, 0.05) is 13.1 Å². The van der Waals surface area contributed by atoms with Crippen molar-refractivity contribution in [1.82, 2.24) is 10.3 Å². The number of rotatable bonds is 3. The highest BCUT2D eigenvalue weighted by Gasteiger charge is 2.26. The maximum absolute atomic E-state index is 13.3. The zero-order valence-corrected chi connectivity index (χ0v) is 12.2. The first-order valence-corrected chi connectivity index (χ1v) is 7.13. The van der Waals surface area contributed by atoms with E-state index in [1.54, 1.807) is 7.05 Å². The molecular weight excluding hydrogens is 257 g/mol. The van der Waals surface area contributed by atoms with E-state index in [9.17, 15) is 9.18 Å². The second kappa shape index (κ2) is 6.20. The van der Waals surface area contributed by atoms with Gasteiger partial charge in [-0.05, 0) is 37.2 Å². The van der Waals surface area contributed by atoms with E-state index in [1.807, 2.05) is 0 Å². The van der Waals surface area contributed by atoms with Crippen molar-refractivity contribution in [2.24, 2.45) is 11.8 Å². The fourth-order valence-corrected chi connectivity index (χ4v) is 3.14. The number of nitrogens with one attached hydrogen (secondary N) is 2. The molecule has 0 bridgehead atoms. The molecule has 110 valence electrons. The van der Waals surface area contributed by atoms with Crippen LogP contribution in [-0.4, -0.2) is 24.0 Å². The average Bonchev–Trinajstić information content (AvgIpc) is 2.37. The van der Waals surface area contributed by atoms with E-state index in [0.29, 0.717) is 17.7 Å². The Morgan fingerprint density at radius 1 is 1.30 bits per heavy atom. The molecule has 1 amide bonds. The lowest BCUT2D eigenvalue weighted by molar-refractivity contribution is 0.0911. The summed E-state index contributed by atoms with van der Waals surface area (Å²) in [6, 6.07) is 1.39. The summed E-state index contributed by atoms with van der Waals surface area (Å²) in [6.07, 6.45) is 4.27. The fraction of sp³-hybridized carbons (Fsp3) is 0.600. The number of carbonyl (C=O) groups excluding carboxylic acids is 1. The molecule has 4 nitrogen and oxygen atoms in total. The molecule has 5 heteroatoms. The Kier molecular flexibility index (Phi) is 4.57. The van der Waals surface area contributed by atoms with Crippen molar-refractivity contribution in [2.45, 2.75) is 39.2 Å². The Hall–Kier alpha value is -1.65. The molecular formula is C15H22FN3O. The SMILES string of the molecule is CNc1ncc(F)cc1C(=O)NC1CC(C)CC(C)C1. The molecule has 2 unspecified atom stereocenters. The third kappa shape index (κ3) is 3.46. The molecule has 0 radical (unpaired) electrons. The highest BCUT2D eigenvalue weighted by Crippen LogP contribution is 2.28. The largest absolute Gasteiger partial charge is 0.372 e. The predicted octanol–water partition coefficient (Wildman–Crippen LogP) is 2.82. The molecule has 0 saturated heterocycles. The van der Waals surface area contributed by atoms with E-state index >= 15 is 0 Å². The normalized spacial score (nSPS) is 26.1. The highest BCUT2D eigenvalue weighted by molar-refractivity contribution is 5.98. The van der Waals surface area contributed by atoms with Crippen molar-refractivity contribution in [2.75, 3.05) is 12.4 Å². The van der Waals surface area contributed by atoms with Gasteiger partial charge in [-0.3, -0.25) is 4.79 Å². The number of anilines is 1. The summed E-state index contributed by atoms with van der Waals surface area (Å²) in [5.41, 5.74) is 0.262. The van der Waals surface area contributed by atoms with Crippen molar-refractivity contribution in [3.8, 4) is 0 Å². The molecule has 0 spiro atoms. The van der Waals surface area contributed by atoms with Gasteiger partial charge in [0.1, 0.15) is 11.6 Å². The molecule has 1 saturated carbocycles. The van der Waals surface area contributed by atoms with Crippen molar-refractivity contribution < 1.29 is 9.18 Å². The zero-order valence-electron chi connectivity index (χ0n) is 12.2. The molecule has 1 fully saturated rings. The van der Waals surface area contributed by atoms with Crippen LogP contribution in [0.25, 0.3) is 0 Å². The zero-order chi connectivity index (χ0) is 14.7. The lowest BCUT2D eigenvalue weighted by atomic mass is 9.80. The van der Waals surface area contributed by atoms with Gasteiger partial charge in [-0.2, -0.15) is 0 Å². The van der Waals surface area contributed by atoms with E-state index in [0.717, 1.165) is 19.0 Å². The molecule has 0 aromatic carbocycles. The minimum Gasteiger partial charge on any atom is -0.372 e. The molecule has 1 aromatic heterocycles. The van der Waals surface area contributed by atoms with Crippen LogP contribution in [0.2, 0.25) is 0 Å². The second-order valence-corrected chi connectivity index (χ2v) is 5.89. The number of amides is 1. The van der Waals surface area contributed by atoms with E-state index in [1.165, 1.54) is 12.5 Å². The molecule has 2 N–H and O–H groups in total. The third-order valence-corrected chi connectivity index (χ3v) is 3.85. The van der Waals surface area contributed by atoms with Crippen molar-refractivity contribution in [1.29, 1.82) is 0 Å². The van der Waals surface area contributed by atoms with Crippen LogP contribution in [0.1, 0.15) is 43.5 Å². The second-order valence-electron chi connectivity index (χ2n) is 5.89. The monoisotopic (exact) mass is 279 g/mol. The van der Waals surface area contributed by atoms with Gasteiger partial charge in [0.2, 0.25) is 0 Å². The van der Waals surface area contributed by atoms with E-state index in [4.69, 9.17) is 0 Å².